The van der Waals surface area contributed by atoms with E-state index in [0.29, 0.717) is 12.8 Å². The molecular formula is C13H19N3O2S. The van der Waals surface area contributed by atoms with Crippen molar-refractivity contribution in [3.05, 3.63) is 17.6 Å². The minimum Gasteiger partial charge on any atom is -0.367 e. The monoisotopic (exact) mass is 281 g/mol. The second-order valence-electron chi connectivity index (χ2n) is 5.43. The molecule has 1 aliphatic heterocycles. The fraction of sp³-hybridized carbons (Fsp3) is 0.692. The molecule has 2 aliphatic rings. The molecule has 0 saturated carbocycles. The van der Waals surface area contributed by atoms with Crippen LogP contribution in [0, 0.1) is 0 Å². The summed E-state index contributed by atoms with van der Waals surface area (Å²) < 4.78 is 22.9. The van der Waals surface area contributed by atoms with Gasteiger partial charge in [0.15, 0.2) is 0 Å². The Morgan fingerprint density at radius 1 is 1.11 bits per heavy atom. The van der Waals surface area contributed by atoms with Crippen LogP contribution in [0.15, 0.2) is 6.33 Å². The van der Waals surface area contributed by atoms with E-state index in [9.17, 15) is 8.42 Å². The largest absolute Gasteiger partial charge is 0.367 e. The van der Waals surface area contributed by atoms with Crippen molar-refractivity contribution in [3.63, 3.8) is 0 Å². The molecule has 0 bridgehead atoms. The van der Waals surface area contributed by atoms with Gasteiger partial charge in [0.1, 0.15) is 22.0 Å². The van der Waals surface area contributed by atoms with Crippen LogP contribution in [0.1, 0.15) is 36.9 Å². The lowest BCUT2D eigenvalue weighted by Crippen LogP contribution is -2.33. The third kappa shape index (κ3) is 2.88. The normalized spacial score (nSPS) is 22.7. The first-order valence-electron chi connectivity index (χ1n) is 6.94. The summed E-state index contributed by atoms with van der Waals surface area (Å²) in [5.74, 6) is 1.50. The topological polar surface area (TPSA) is 72.0 Å². The Morgan fingerprint density at radius 2 is 1.84 bits per heavy atom. The molecule has 1 aromatic rings. The maximum absolute atomic E-state index is 11.4. The number of nitrogens with one attached hydrogen (secondary N) is 1. The Morgan fingerprint density at radius 3 is 2.63 bits per heavy atom. The first kappa shape index (κ1) is 12.8. The van der Waals surface area contributed by atoms with E-state index in [1.165, 1.54) is 18.4 Å². The summed E-state index contributed by atoms with van der Waals surface area (Å²) in [5.41, 5.74) is 2.40. The number of anilines is 1. The molecule has 0 amide bonds. The molecule has 0 unspecified atom stereocenters. The molecule has 0 radical (unpaired) electrons. The van der Waals surface area contributed by atoms with Gasteiger partial charge in [0, 0.05) is 17.3 Å². The van der Waals surface area contributed by atoms with Crippen molar-refractivity contribution in [2.45, 2.75) is 44.6 Å². The molecule has 19 heavy (non-hydrogen) atoms. The summed E-state index contributed by atoms with van der Waals surface area (Å²) >= 11 is 0. The van der Waals surface area contributed by atoms with Gasteiger partial charge >= 0.3 is 0 Å². The molecule has 1 fully saturated rings. The van der Waals surface area contributed by atoms with E-state index in [-0.39, 0.29) is 17.5 Å². The number of fused-ring (bicyclic) bond motifs is 1. The molecule has 104 valence electrons. The minimum absolute atomic E-state index is 0.226. The van der Waals surface area contributed by atoms with E-state index in [4.69, 9.17) is 0 Å². The quantitative estimate of drug-likeness (QED) is 0.886. The highest BCUT2D eigenvalue weighted by Gasteiger charge is 2.25. The van der Waals surface area contributed by atoms with Crippen LogP contribution in [-0.4, -0.2) is 35.9 Å². The Kier molecular flexibility index (Phi) is 3.43. The van der Waals surface area contributed by atoms with Crippen LogP contribution in [-0.2, 0) is 22.7 Å². The van der Waals surface area contributed by atoms with Crippen LogP contribution in [0.3, 0.4) is 0 Å². The van der Waals surface area contributed by atoms with Crippen molar-refractivity contribution in [1.82, 2.24) is 9.97 Å². The molecule has 2 heterocycles. The Balaban J connectivity index is 1.74. The van der Waals surface area contributed by atoms with Gasteiger partial charge < -0.3 is 5.32 Å². The van der Waals surface area contributed by atoms with Gasteiger partial charge in [-0.25, -0.2) is 18.4 Å². The minimum atomic E-state index is -2.80. The van der Waals surface area contributed by atoms with E-state index >= 15 is 0 Å². The number of nitrogens with zero attached hydrogens (tertiary/aromatic N) is 2. The zero-order valence-corrected chi connectivity index (χ0v) is 11.7. The zero-order valence-electron chi connectivity index (χ0n) is 10.9. The molecule has 1 aromatic heterocycles. The number of rotatable bonds is 2. The summed E-state index contributed by atoms with van der Waals surface area (Å²) in [6.45, 7) is 0. The molecule has 5 nitrogen and oxygen atoms in total. The lowest BCUT2D eigenvalue weighted by atomic mass is 9.96. The maximum Gasteiger partial charge on any atom is 0.150 e. The van der Waals surface area contributed by atoms with E-state index in [2.05, 4.69) is 15.3 Å². The van der Waals surface area contributed by atoms with Gasteiger partial charge in [-0.3, -0.25) is 0 Å². The summed E-state index contributed by atoms with van der Waals surface area (Å²) in [4.78, 5) is 8.70. The molecule has 0 spiro atoms. The first-order valence-corrected chi connectivity index (χ1v) is 8.76. The lowest BCUT2D eigenvalue weighted by Gasteiger charge is -2.26. The molecule has 0 atom stereocenters. The molecule has 1 aliphatic carbocycles. The fourth-order valence-corrected chi connectivity index (χ4v) is 4.36. The van der Waals surface area contributed by atoms with E-state index in [1.54, 1.807) is 6.33 Å². The average molecular weight is 281 g/mol. The molecule has 1 N–H and O–H groups in total. The third-order valence-electron chi connectivity index (χ3n) is 4.02. The number of hydrogen-bond donors (Lipinski definition) is 1. The smallest absolute Gasteiger partial charge is 0.150 e. The summed E-state index contributed by atoms with van der Waals surface area (Å²) in [6, 6.07) is 0.226. The molecule has 6 heteroatoms. The van der Waals surface area contributed by atoms with Crippen LogP contribution < -0.4 is 5.32 Å². The Bertz CT molecular complexity index is 557. The summed E-state index contributed by atoms with van der Waals surface area (Å²) in [7, 11) is -2.80. The van der Waals surface area contributed by atoms with Crippen LogP contribution in [0.5, 0.6) is 0 Å². The zero-order chi connectivity index (χ0) is 13.3. The highest BCUT2D eigenvalue weighted by atomic mass is 32.2. The Labute approximate surface area is 113 Å². The lowest BCUT2D eigenvalue weighted by molar-refractivity contribution is 0.558. The van der Waals surface area contributed by atoms with Gasteiger partial charge in [-0.15, -0.1) is 0 Å². The SMILES string of the molecule is O=S1(=O)CCC(Nc2ncnc3c2CCCC3)CC1. The third-order valence-corrected chi connectivity index (χ3v) is 5.74. The van der Waals surface area contributed by atoms with Crippen LogP contribution in [0.25, 0.3) is 0 Å². The number of aromatic nitrogens is 2. The van der Waals surface area contributed by atoms with Gasteiger partial charge in [0.25, 0.3) is 0 Å². The van der Waals surface area contributed by atoms with Crippen molar-refractivity contribution in [3.8, 4) is 0 Å². The highest BCUT2D eigenvalue weighted by molar-refractivity contribution is 7.91. The summed E-state index contributed by atoms with van der Waals surface area (Å²) in [6.07, 6.45) is 7.43. The van der Waals surface area contributed by atoms with E-state index in [0.717, 1.165) is 24.4 Å². The molecule has 3 rings (SSSR count). The predicted molar refractivity (Wildman–Crippen MR) is 74.0 cm³/mol. The van der Waals surface area contributed by atoms with E-state index in [1.807, 2.05) is 0 Å². The molecule has 1 saturated heterocycles. The molecule has 0 aromatic carbocycles. The van der Waals surface area contributed by atoms with Gasteiger partial charge in [-0.05, 0) is 38.5 Å². The second kappa shape index (κ2) is 5.07. The van der Waals surface area contributed by atoms with Gasteiger partial charge in [-0.2, -0.15) is 0 Å². The number of hydrogen-bond acceptors (Lipinski definition) is 5. The average Bonchev–Trinajstić information content (AvgIpc) is 2.42. The van der Waals surface area contributed by atoms with Crippen LogP contribution in [0.4, 0.5) is 5.82 Å². The maximum atomic E-state index is 11.4. The number of aryl methyl sites for hydroxylation is 1. The standard InChI is InChI=1S/C13H19N3O2S/c17-19(18)7-5-10(6-8-19)16-13-11-3-1-2-4-12(11)14-9-15-13/h9-10H,1-8H2,(H,14,15,16). The van der Waals surface area contributed by atoms with Crippen molar-refractivity contribution in [2.75, 3.05) is 16.8 Å². The predicted octanol–water partition coefficient (Wildman–Crippen LogP) is 1.34. The van der Waals surface area contributed by atoms with Crippen LogP contribution in [0.2, 0.25) is 0 Å². The van der Waals surface area contributed by atoms with Gasteiger partial charge in [0.05, 0.1) is 11.5 Å². The second-order valence-corrected chi connectivity index (χ2v) is 7.73. The van der Waals surface area contributed by atoms with Gasteiger partial charge in [-0.1, -0.05) is 0 Å². The highest BCUT2D eigenvalue weighted by Crippen LogP contribution is 2.26. The molecular weight excluding hydrogens is 262 g/mol. The Hall–Kier alpha value is -1.17. The van der Waals surface area contributed by atoms with Crippen molar-refractivity contribution in [2.24, 2.45) is 0 Å². The van der Waals surface area contributed by atoms with Crippen molar-refractivity contribution >= 4 is 15.7 Å². The van der Waals surface area contributed by atoms with E-state index < -0.39 is 9.84 Å². The number of sulfone groups is 1. The first-order chi connectivity index (χ1) is 9.14. The summed E-state index contributed by atoms with van der Waals surface area (Å²) in [5, 5.41) is 3.43. The van der Waals surface area contributed by atoms with Crippen molar-refractivity contribution in [1.29, 1.82) is 0 Å². The van der Waals surface area contributed by atoms with Gasteiger partial charge in [0.2, 0.25) is 0 Å². The van der Waals surface area contributed by atoms with Crippen LogP contribution >= 0.6 is 0 Å². The fourth-order valence-electron chi connectivity index (χ4n) is 2.87. The van der Waals surface area contributed by atoms with Crippen molar-refractivity contribution < 1.29 is 8.42 Å².